The van der Waals surface area contributed by atoms with Gasteiger partial charge in [-0.15, -0.1) is 0 Å². The van der Waals surface area contributed by atoms with Gasteiger partial charge in [-0.2, -0.15) is 14.2 Å². The van der Waals surface area contributed by atoms with Crippen LogP contribution in [0.3, 0.4) is 0 Å². The molecule has 0 amide bonds. The van der Waals surface area contributed by atoms with E-state index in [1.807, 2.05) is 0 Å². The SMILES string of the molecule is CC1=C(C)C(C)[C]([Ti+2]([O]c2ccc3ccccc3c2)=[Si](C)C)=C1C.C[O-].C[O-]. The summed E-state index contributed by atoms with van der Waals surface area (Å²) in [5.74, 6) is 1.63. The van der Waals surface area contributed by atoms with E-state index in [0.717, 1.165) is 20.0 Å². The normalized spacial score (nSPS) is 15.2. The Bertz CT molecular complexity index is 909. The Balaban J connectivity index is 0.000000921. The molecular formula is C23H32O3SiTi. The van der Waals surface area contributed by atoms with Crippen molar-refractivity contribution in [2.45, 2.75) is 40.8 Å². The van der Waals surface area contributed by atoms with Crippen molar-refractivity contribution in [3.8, 4) is 5.75 Å². The molecule has 0 saturated carbocycles. The maximum atomic E-state index is 8.25. The molecule has 5 heteroatoms. The van der Waals surface area contributed by atoms with Crippen molar-refractivity contribution in [3.05, 3.63) is 63.1 Å². The predicted octanol–water partition coefficient (Wildman–Crippen LogP) is 4.22. The maximum Gasteiger partial charge on any atom is -0.153 e. The van der Waals surface area contributed by atoms with Gasteiger partial charge in [0.05, 0.1) is 0 Å². The van der Waals surface area contributed by atoms with Gasteiger partial charge in [0.2, 0.25) is 0 Å². The zero-order valence-electron chi connectivity index (χ0n) is 18.3. The Morgan fingerprint density at radius 2 is 1.43 bits per heavy atom. The van der Waals surface area contributed by atoms with Crippen LogP contribution in [0.2, 0.25) is 13.1 Å². The Labute approximate surface area is 176 Å². The minimum Gasteiger partial charge on any atom is -0.857 e. The summed E-state index contributed by atoms with van der Waals surface area (Å²) in [4.78, 5) is 0. The van der Waals surface area contributed by atoms with Crippen LogP contribution in [0.1, 0.15) is 27.7 Å². The quantitative estimate of drug-likeness (QED) is 0.683. The zero-order chi connectivity index (χ0) is 21.4. The Kier molecular flexibility index (Phi) is 10.4. The van der Waals surface area contributed by atoms with Crippen LogP contribution < -0.4 is 13.5 Å². The first-order valence-electron chi connectivity index (χ1n) is 9.44. The van der Waals surface area contributed by atoms with Crippen molar-refractivity contribution in [1.82, 2.24) is 0 Å². The molecule has 0 bridgehead atoms. The predicted molar refractivity (Wildman–Crippen MR) is 114 cm³/mol. The first-order chi connectivity index (χ1) is 13.4. The third kappa shape index (κ3) is 5.46. The van der Waals surface area contributed by atoms with E-state index in [0.29, 0.717) is 5.92 Å². The summed E-state index contributed by atoms with van der Waals surface area (Å²) in [5, 5.41) is 19.0. The molecule has 1 aliphatic rings. The van der Waals surface area contributed by atoms with Gasteiger partial charge in [-0.25, -0.2) is 0 Å². The molecular weight excluding hydrogens is 400 g/mol. The van der Waals surface area contributed by atoms with Gasteiger partial charge in [0.15, 0.2) is 0 Å². The summed E-state index contributed by atoms with van der Waals surface area (Å²) >= 11 is -1.75. The van der Waals surface area contributed by atoms with Crippen LogP contribution in [0.15, 0.2) is 63.1 Å². The van der Waals surface area contributed by atoms with Crippen molar-refractivity contribution in [3.63, 3.8) is 0 Å². The fourth-order valence-electron chi connectivity index (χ4n) is 3.51. The van der Waals surface area contributed by atoms with Gasteiger partial charge in [-0.1, -0.05) is 0 Å². The first-order valence-corrected chi connectivity index (χ1v) is 15.7. The molecule has 0 N–H and O–H groups in total. The molecule has 1 atom stereocenters. The summed E-state index contributed by atoms with van der Waals surface area (Å²) in [6, 6.07) is 15.1. The molecule has 2 aromatic rings. The largest absolute Gasteiger partial charge is 0.857 e. The molecule has 0 aromatic heterocycles. The second kappa shape index (κ2) is 11.7. The van der Waals surface area contributed by atoms with Gasteiger partial charge in [-0.3, -0.25) is 0 Å². The molecule has 0 spiro atoms. The van der Waals surface area contributed by atoms with Crippen molar-refractivity contribution in [2.24, 2.45) is 5.92 Å². The number of fused-ring (bicyclic) bond motifs is 1. The van der Waals surface area contributed by atoms with E-state index < -0.39 is 23.2 Å². The fraction of sp³-hybridized carbons (Fsp3) is 0.391. The summed E-state index contributed by atoms with van der Waals surface area (Å²) in [7, 11) is 1.50. The van der Waals surface area contributed by atoms with Gasteiger partial charge in [-0.05, 0) is 0 Å². The van der Waals surface area contributed by atoms with Crippen LogP contribution in [0, 0.1) is 5.92 Å². The second-order valence-electron chi connectivity index (χ2n) is 7.01. The maximum absolute atomic E-state index is 8.25. The van der Waals surface area contributed by atoms with Crippen molar-refractivity contribution >= 4 is 17.0 Å². The average molecular weight is 432 g/mol. The van der Waals surface area contributed by atoms with E-state index in [1.165, 1.54) is 27.5 Å². The van der Waals surface area contributed by atoms with Gasteiger partial charge in [0, 0.05) is 0 Å². The fourth-order valence-corrected chi connectivity index (χ4v) is 12.4. The molecule has 1 unspecified atom stereocenters. The Morgan fingerprint density at radius 1 is 0.857 bits per heavy atom. The van der Waals surface area contributed by atoms with Crippen molar-refractivity contribution in [1.29, 1.82) is 0 Å². The van der Waals surface area contributed by atoms with Crippen LogP contribution in [0.5, 0.6) is 5.75 Å². The standard InChI is InChI=1S/C10H8O.C9H13.C2H6Si.2CH3O.Ti/c11-10-6-5-8-3-1-2-4-9(8)7-10;1-6-5-7(2)9(4)8(6)3;1-3-2;2*1-2;/h1-7,11H;6H,1-4H3;1-2H3;2*1H3;/q;;;2*-1;+3/p-1. The van der Waals surface area contributed by atoms with Crippen LogP contribution in [-0.2, 0) is 17.0 Å². The molecule has 0 heterocycles. The number of benzene rings is 2. The molecule has 0 fully saturated rings. The molecule has 3 rings (SSSR count). The monoisotopic (exact) mass is 432 g/mol. The van der Waals surface area contributed by atoms with E-state index in [4.69, 9.17) is 13.5 Å². The van der Waals surface area contributed by atoms with E-state index in [2.05, 4.69) is 83.3 Å². The minimum atomic E-state index is -1.75. The number of allylic oxidation sites excluding steroid dienone is 4. The second-order valence-corrected chi connectivity index (χ2v) is 17.8. The number of hydrogen-bond acceptors (Lipinski definition) is 3. The molecule has 0 radical (unpaired) electrons. The van der Waals surface area contributed by atoms with E-state index in [-0.39, 0.29) is 0 Å². The average Bonchev–Trinajstić information content (AvgIpc) is 2.92. The minimum absolute atomic E-state index is 0.458. The van der Waals surface area contributed by atoms with E-state index in [1.54, 1.807) is 3.88 Å². The van der Waals surface area contributed by atoms with Crippen LogP contribution in [-0.4, -0.2) is 20.4 Å². The Hall–Kier alpha value is -1.17. The molecule has 0 saturated heterocycles. The molecule has 28 heavy (non-hydrogen) atoms. The summed E-state index contributed by atoms with van der Waals surface area (Å²) in [6.07, 6.45) is -0.458. The third-order valence-corrected chi connectivity index (χ3v) is 14.7. The van der Waals surface area contributed by atoms with E-state index >= 15 is 0 Å². The van der Waals surface area contributed by atoms with Crippen LogP contribution >= 0.6 is 0 Å². The van der Waals surface area contributed by atoms with Crippen molar-refractivity contribution < 1.29 is 30.5 Å². The van der Waals surface area contributed by atoms with Crippen LogP contribution in [0.4, 0.5) is 0 Å². The van der Waals surface area contributed by atoms with Crippen molar-refractivity contribution in [2.75, 3.05) is 14.2 Å². The third-order valence-electron chi connectivity index (χ3n) is 5.28. The summed E-state index contributed by atoms with van der Waals surface area (Å²) in [6.45, 7) is 14.1. The summed E-state index contributed by atoms with van der Waals surface area (Å²) < 4.78 is 8.40. The summed E-state index contributed by atoms with van der Waals surface area (Å²) in [5.41, 5.74) is 4.55. The number of hydrogen-bond donors (Lipinski definition) is 0. The van der Waals surface area contributed by atoms with E-state index in [9.17, 15) is 0 Å². The first kappa shape index (κ1) is 24.9. The van der Waals surface area contributed by atoms with Gasteiger partial charge in [0.25, 0.3) is 0 Å². The molecule has 1 aliphatic carbocycles. The molecule has 0 aliphatic heterocycles. The molecule has 150 valence electrons. The van der Waals surface area contributed by atoms with Gasteiger partial charge >= 0.3 is 153 Å². The Morgan fingerprint density at radius 3 is 1.93 bits per heavy atom. The topological polar surface area (TPSA) is 55.3 Å². The zero-order valence-corrected chi connectivity index (χ0v) is 20.9. The van der Waals surface area contributed by atoms with Gasteiger partial charge in [0.1, 0.15) is 0 Å². The molecule has 3 nitrogen and oxygen atoms in total. The number of rotatable bonds is 3. The molecule has 2 aromatic carbocycles. The van der Waals surface area contributed by atoms with Gasteiger partial charge < -0.3 is 10.2 Å². The smallest absolute Gasteiger partial charge is 0.153 e. The van der Waals surface area contributed by atoms with Crippen LogP contribution in [0.25, 0.3) is 10.8 Å².